The molecule has 1 unspecified atom stereocenters. The molecule has 1 aromatic heterocycles. The molecule has 2 rings (SSSR count). The molecule has 0 radical (unpaired) electrons. The van der Waals surface area contributed by atoms with E-state index in [1.54, 1.807) is 0 Å². The number of nitrogens with one attached hydrogen (secondary N) is 2. The van der Waals surface area contributed by atoms with Gasteiger partial charge in [-0.2, -0.15) is 0 Å². The van der Waals surface area contributed by atoms with Crippen molar-refractivity contribution in [2.75, 3.05) is 26.7 Å². The Hall–Kier alpha value is -0.870. The standard InChI is InChI=1S/C13H24N4/c1-9(2)7-11-10(3)15-13(16-11)12-8-14-5-6-17(12)4/h9,12,14H,5-8H2,1-4H3,(H,15,16). The van der Waals surface area contributed by atoms with Gasteiger partial charge in [-0.05, 0) is 26.3 Å². The number of aryl methyl sites for hydroxylation is 1. The summed E-state index contributed by atoms with van der Waals surface area (Å²) < 4.78 is 0. The number of nitrogens with zero attached hydrogens (tertiary/aromatic N) is 2. The van der Waals surface area contributed by atoms with Crippen molar-refractivity contribution in [3.05, 3.63) is 17.2 Å². The van der Waals surface area contributed by atoms with E-state index in [0.29, 0.717) is 12.0 Å². The molecule has 96 valence electrons. The van der Waals surface area contributed by atoms with Gasteiger partial charge in [0.2, 0.25) is 0 Å². The summed E-state index contributed by atoms with van der Waals surface area (Å²) in [6.07, 6.45) is 1.06. The zero-order valence-electron chi connectivity index (χ0n) is 11.4. The van der Waals surface area contributed by atoms with Gasteiger partial charge in [-0.15, -0.1) is 0 Å². The van der Waals surface area contributed by atoms with Gasteiger partial charge in [-0.25, -0.2) is 4.98 Å². The van der Waals surface area contributed by atoms with Crippen LogP contribution in [0.5, 0.6) is 0 Å². The van der Waals surface area contributed by atoms with Crippen LogP contribution in [0.2, 0.25) is 0 Å². The molecule has 0 spiro atoms. The van der Waals surface area contributed by atoms with Gasteiger partial charge in [0.15, 0.2) is 0 Å². The number of imidazole rings is 1. The molecule has 0 saturated carbocycles. The van der Waals surface area contributed by atoms with Crippen LogP contribution in [-0.2, 0) is 6.42 Å². The monoisotopic (exact) mass is 236 g/mol. The zero-order chi connectivity index (χ0) is 12.4. The number of piperazine rings is 1. The number of hydrogen-bond donors (Lipinski definition) is 2. The van der Waals surface area contributed by atoms with Crippen molar-refractivity contribution < 1.29 is 0 Å². The highest BCUT2D eigenvalue weighted by Gasteiger charge is 2.23. The summed E-state index contributed by atoms with van der Waals surface area (Å²) in [5, 5.41) is 3.43. The Bertz CT molecular complexity index is 369. The van der Waals surface area contributed by atoms with Gasteiger partial charge in [-0.3, -0.25) is 4.90 Å². The smallest absolute Gasteiger partial charge is 0.125 e. The fourth-order valence-corrected chi connectivity index (χ4v) is 2.38. The van der Waals surface area contributed by atoms with E-state index in [1.165, 1.54) is 11.4 Å². The zero-order valence-corrected chi connectivity index (χ0v) is 11.4. The third-order valence-corrected chi connectivity index (χ3v) is 3.43. The summed E-state index contributed by atoms with van der Waals surface area (Å²) in [6.45, 7) is 9.76. The average molecular weight is 236 g/mol. The maximum absolute atomic E-state index is 4.79. The Morgan fingerprint density at radius 3 is 2.88 bits per heavy atom. The van der Waals surface area contributed by atoms with Crippen LogP contribution in [0.3, 0.4) is 0 Å². The van der Waals surface area contributed by atoms with E-state index in [0.717, 1.165) is 31.9 Å². The van der Waals surface area contributed by atoms with E-state index in [2.05, 4.69) is 43.0 Å². The molecule has 1 aliphatic rings. The molecule has 17 heavy (non-hydrogen) atoms. The van der Waals surface area contributed by atoms with Gasteiger partial charge in [0.05, 0.1) is 11.7 Å². The lowest BCUT2D eigenvalue weighted by Crippen LogP contribution is -2.44. The number of aromatic amines is 1. The molecule has 4 heteroatoms. The van der Waals surface area contributed by atoms with Gasteiger partial charge in [-0.1, -0.05) is 13.8 Å². The van der Waals surface area contributed by atoms with E-state index < -0.39 is 0 Å². The van der Waals surface area contributed by atoms with Crippen molar-refractivity contribution >= 4 is 0 Å². The summed E-state index contributed by atoms with van der Waals surface area (Å²) in [6, 6.07) is 0.392. The minimum atomic E-state index is 0.392. The summed E-state index contributed by atoms with van der Waals surface area (Å²) in [4.78, 5) is 10.6. The number of hydrogen-bond acceptors (Lipinski definition) is 3. The number of rotatable bonds is 3. The molecule has 2 N–H and O–H groups in total. The predicted molar refractivity (Wildman–Crippen MR) is 70.1 cm³/mol. The van der Waals surface area contributed by atoms with Crippen LogP contribution < -0.4 is 5.32 Å². The summed E-state index contributed by atoms with van der Waals surface area (Å²) >= 11 is 0. The Balaban J connectivity index is 2.15. The third-order valence-electron chi connectivity index (χ3n) is 3.43. The SMILES string of the molecule is Cc1[nH]c(C2CNCCN2C)nc1CC(C)C. The highest BCUT2D eigenvalue weighted by atomic mass is 15.2. The molecule has 4 nitrogen and oxygen atoms in total. The minimum Gasteiger partial charge on any atom is -0.344 e. The summed E-state index contributed by atoms with van der Waals surface area (Å²) in [5.74, 6) is 1.78. The highest BCUT2D eigenvalue weighted by Crippen LogP contribution is 2.20. The molecule has 1 atom stereocenters. The van der Waals surface area contributed by atoms with Crippen molar-refractivity contribution in [1.29, 1.82) is 0 Å². The molecule has 1 aliphatic heterocycles. The predicted octanol–water partition coefficient (Wildman–Crippen LogP) is 1.49. The fourth-order valence-electron chi connectivity index (χ4n) is 2.38. The van der Waals surface area contributed by atoms with Crippen molar-refractivity contribution in [3.63, 3.8) is 0 Å². The van der Waals surface area contributed by atoms with Crippen LogP contribution >= 0.6 is 0 Å². The molecule has 0 bridgehead atoms. The second-order valence-corrected chi connectivity index (χ2v) is 5.49. The van der Waals surface area contributed by atoms with Crippen LogP contribution in [-0.4, -0.2) is 41.5 Å². The van der Waals surface area contributed by atoms with Crippen molar-refractivity contribution in [2.24, 2.45) is 5.92 Å². The lowest BCUT2D eigenvalue weighted by molar-refractivity contribution is 0.195. The van der Waals surface area contributed by atoms with Crippen LogP contribution in [0.15, 0.2) is 0 Å². The molecule has 0 amide bonds. The van der Waals surface area contributed by atoms with Crippen molar-refractivity contribution in [1.82, 2.24) is 20.2 Å². The van der Waals surface area contributed by atoms with E-state index in [-0.39, 0.29) is 0 Å². The molecule has 2 heterocycles. The van der Waals surface area contributed by atoms with Gasteiger partial charge < -0.3 is 10.3 Å². The first-order valence-corrected chi connectivity index (χ1v) is 6.54. The first-order valence-electron chi connectivity index (χ1n) is 6.54. The molecule has 1 fully saturated rings. The second kappa shape index (κ2) is 5.19. The number of aromatic nitrogens is 2. The minimum absolute atomic E-state index is 0.392. The fraction of sp³-hybridized carbons (Fsp3) is 0.769. The van der Waals surface area contributed by atoms with Crippen molar-refractivity contribution in [2.45, 2.75) is 33.2 Å². The molecule has 0 aromatic carbocycles. The maximum Gasteiger partial charge on any atom is 0.125 e. The molecule has 0 aliphatic carbocycles. The first-order chi connectivity index (χ1) is 8.08. The largest absolute Gasteiger partial charge is 0.344 e. The maximum atomic E-state index is 4.79. The Morgan fingerprint density at radius 1 is 1.47 bits per heavy atom. The third kappa shape index (κ3) is 2.87. The lowest BCUT2D eigenvalue weighted by Gasteiger charge is -2.31. The Labute approximate surface area is 104 Å². The topological polar surface area (TPSA) is 44.0 Å². The molecule has 1 aromatic rings. The van der Waals surface area contributed by atoms with Gasteiger partial charge in [0.1, 0.15) is 5.82 Å². The van der Waals surface area contributed by atoms with Gasteiger partial charge in [0, 0.05) is 25.3 Å². The molecule has 1 saturated heterocycles. The quantitative estimate of drug-likeness (QED) is 0.836. The Kier molecular flexibility index (Phi) is 3.84. The Morgan fingerprint density at radius 2 is 2.24 bits per heavy atom. The molecular weight excluding hydrogens is 212 g/mol. The van der Waals surface area contributed by atoms with Crippen LogP contribution in [0, 0.1) is 12.8 Å². The average Bonchev–Trinajstić information content (AvgIpc) is 2.60. The van der Waals surface area contributed by atoms with Crippen LogP contribution in [0.25, 0.3) is 0 Å². The normalized spacial score (nSPS) is 22.3. The lowest BCUT2D eigenvalue weighted by atomic mass is 10.1. The second-order valence-electron chi connectivity index (χ2n) is 5.49. The van der Waals surface area contributed by atoms with Crippen LogP contribution in [0.1, 0.15) is 37.1 Å². The number of likely N-dealkylation sites (N-methyl/N-ethyl adjacent to an activating group) is 1. The van der Waals surface area contributed by atoms with Crippen LogP contribution in [0.4, 0.5) is 0 Å². The summed E-state index contributed by atoms with van der Waals surface area (Å²) in [7, 11) is 2.17. The van der Waals surface area contributed by atoms with E-state index in [1.807, 2.05) is 0 Å². The van der Waals surface area contributed by atoms with E-state index >= 15 is 0 Å². The van der Waals surface area contributed by atoms with Crippen molar-refractivity contribution in [3.8, 4) is 0 Å². The highest BCUT2D eigenvalue weighted by molar-refractivity contribution is 5.16. The summed E-state index contributed by atoms with van der Waals surface area (Å²) in [5.41, 5.74) is 2.46. The first kappa shape index (κ1) is 12.6. The van der Waals surface area contributed by atoms with E-state index in [4.69, 9.17) is 4.98 Å². The number of H-pyrrole nitrogens is 1. The van der Waals surface area contributed by atoms with Gasteiger partial charge in [0.25, 0.3) is 0 Å². The van der Waals surface area contributed by atoms with E-state index in [9.17, 15) is 0 Å². The molecular formula is C13H24N4. The van der Waals surface area contributed by atoms with Gasteiger partial charge >= 0.3 is 0 Å².